The van der Waals surface area contributed by atoms with E-state index in [2.05, 4.69) is 6.58 Å². The van der Waals surface area contributed by atoms with Crippen LogP contribution in [0.15, 0.2) is 46.9 Å². The molecule has 0 unspecified atom stereocenters. The van der Waals surface area contributed by atoms with Crippen molar-refractivity contribution in [2.45, 2.75) is 37.4 Å². The van der Waals surface area contributed by atoms with E-state index in [1.165, 1.54) is 23.7 Å². The minimum Gasteiger partial charge on any atom is -0.493 e. The normalized spacial score (nSPS) is 13.7. The number of hydrogen-bond donors (Lipinski definition) is 0. The first kappa shape index (κ1) is 22.9. The Balaban J connectivity index is 1.55. The molecule has 7 nitrogen and oxygen atoms in total. The van der Waals surface area contributed by atoms with Crippen LogP contribution in [0.1, 0.15) is 23.3 Å². The summed E-state index contributed by atoms with van der Waals surface area (Å²) in [5.41, 5.74) is 1.06. The Bertz CT molecular complexity index is 1310. The van der Waals surface area contributed by atoms with Crippen molar-refractivity contribution in [2.75, 3.05) is 18.6 Å². The second kappa shape index (κ2) is 9.68. The third-order valence-electron chi connectivity index (χ3n) is 5.20. The van der Waals surface area contributed by atoms with Crippen LogP contribution in [0.3, 0.4) is 0 Å². The summed E-state index contributed by atoms with van der Waals surface area (Å²) in [5, 5.41) is 1.21. The first-order chi connectivity index (χ1) is 15.4. The van der Waals surface area contributed by atoms with Gasteiger partial charge in [-0.25, -0.2) is 4.98 Å². The second-order valence-corrected chi connectivity index (χ2v) is 11.2. The molecule has 10 heteroatoms. The maximum Gasteiger partial charge on any atom is 0.310 e. The lowest BCUT2D eigenvalue weighted by Crippen LogP contribution is -2.24. The van der Waals surface area contributed by atoms with Crippen molar-refractivity contribution < 1.29 is 17.3 Å². The average Bonchev–Trinajstić information content (AvgIpc) is 3.14. The van der Waals surface area contributed by atoms with E-state index in [4.69, 9.17) is 13.9 Å². The number of methoxy groups -OCH3 is 1. The van der Waals surface area contributed by atoms with E-state index in [1.807, 2.05) is 0 Å². The quantitative estimate of drug-likeness (QED) is 0.193. The molecule has 1 aliphatic rings. The van der Waals surface area contributed by atoms with Gasteiger partial charge in [0.1, 0.15) is 4.83 Å². The van der Waals surface area contributed by atoms with Gasteiger partial charge < -0.3 is 8.92 Å². The second-order valence-electron chi connectivity index (χ2n) is 7.33. The Kier molecular flexibility index (Phi) is 6.92. The van der Waals surface area contributed by atoms with Gasteiger partial charge >= 0.3 is 10.1 Å². The van der Waals surface area contributed by atoms with Crippen LogP contribution in [-0.2, 0) is 29.5 Å². The Hall–Kier alpha value is -2.30. The molecule has 0 saturated heterocycles. The van der Waals surface area contributed by atoms with Gasteiger partial charge in [-0.1, -0.05) is 30.0 Å². The molecule has 3 aromatic rings. The molecule has 0 amide bonds. The molecule has 0 aliphatic heterocycles. The molecule has 0 atom stereocenters. The number of hydrogen-bond acceptors (Lipinski definition) is 8. The van der Waals surface area contributed by atoms with Crippen LogP contribution in [0.4, 0.5) is 0 Å². The number of thiophene rings is 1. The fourth-order valence-electron chi connectivity index (χ4n) is 3.72. The molecular formula is C22H24N2O5S3. The molecule has 0 N–H and O–H groups in total. The van der Waals surface area contributed by atoms with E-state index in [0.29, 0.717) is 22.8 Å². The Morgan fingerprint density at radius 1 is 1.25 bits per heavy atom. The number of rotatable bonds is 9. The molecule has 0 bridgehead atoms. The van der Waals surface area contributed by atoms with Crippen molar-refractivity contribution in [2.24, 2.45) is 0 Å². The molecule has 0 spiro atoms. The van der Waals surface area contributed by atoms with Crippen LogP contribution in [0.25, 0.3) is 10.2 Å². The zero-order valence-corrected chi connectivity index (χ0v) is 20.2. The van der Waals surface area contributed by atoms with Gasteiger partial charge in [-0.15, -0.1) is 17.9 Å². The number of allylic oxidation sites excluding steroid dienone is 1. The number of benzene rings is 1. The first-order valence-corrected chi connectivity index (χ1v) is 13.7. The molecule has 2 heterocycles. The summed E-state index contributed by atoms with van der Waals surface area (Å²) in [6, 6.07) is 6.58. The highest BCUT2D eigenvalue weighted by molar-refractivity contribution is 8.00. The van der Waals surface area contributed by atoms with E-state index < -0.39 is 10.1 Å². The van der Waals surface area contributed by atoms with Crippen LogP contribution in [0.5, 0.6) is 11.5 Å². The third kappa shape index (κ3) is 4.72. The van der Waals surface area contributed by atoms with Gasteiger partial charge in [-0.05, 0) is 43.4 Å². The van der Waals surface area contributed by atoms with E-state index in [1.54, 1.807) is 46.2 Å². The maximum absolute atomic E-state index is 13.3. The lowest BCUT2D eigenvalue weighted by molar-refractivity contribution is 0.391. The van der Waals surface area contributed by atoms with E-state index in [-0.39, 0.29) is 22.8 Å². The summed E-state index contributed by atoms with van der Waals surface area (Å²) < 4.78 is 36.9. The minimum atomic E-state index is -3.85. The average molecular weight is 493 g/mol. The van der Waals surface area contributed by atoms with Crippen LogP contribution in [0.2, 0.25) is 0 Å². The van der Waals surface area contributed by atoms with E-state index in [0.717, 1.165) is 36.1 Å². The predicted molar refractivity (Wildman–Crippen MR) is 129 cm³/mol. The molecule has 0 radical (unpaired) electrons. The van der Waals surface area contributed by atoms with Crippen LogP contribution in [-0.4, -0.2) is 36.6 Å². The Morgan fingerprint density at radius 3 is 2.75 bits per heavy atom. The highest BCUT2D eigenvalue weighted by atomic mass is 32.2. The number of nitrogens with zero attached hydrogens (tertiary/aromatic N) is 2. The Labute approximate surface area is 195 Å². The van der Waals surface area contributed by atoms with Crippen LogP contribution in [0, 0.1) is 0 Å². The number of para-hydroxylation sites is 2. The van der Waals surface area contributed by atoms with Gasteiger partial charge in [0.25, 0.3) is 5.56 Å². The van der Waals surface area contributed by atoms with Gasteiger partial charge in [-0.3, -0.25) is 9.36 Å². The molecule has 1 aliphatic carbocycles. The summed E-state index contributed by atoms with van der Waals surface area (Å²) in [4.78, 5) is 20.0. The number of thioether (sulfide) groups is 1. The number of fused-ring (bicyclic) bond motifs is 3. The molecule has 2 aromatic heterocycles. The lowest BCUT2D eigenvalue weighted by Gasteiger charge is -2.13. The summed E-state index contributed by atoms with van der Waals surface area (Å²) >= 11 is 2.81. The van der Waals surface area contributed by atoms with Crippen LogP contribution >= 0.6 is 23.1 Å². The van der Waals surface area contributed by atoms with E-state index >= 15 is 0 Å². The lowest BCUT2D eigenvalue weighted by atomic mass is 9.97. The minimum absolute atomic E-state index is 0.0788. The molecule has 4 rings (SSSR count). The SMILES string of the molecule is C=CCn1c(SCCS(=O)(=O)Oc2ccccc2OC)nc2sc3c(c2c1=O)CCCC3. The van der Waals surface area contributed by atoms with Gasteiger partial charge in [0.05, 0.1) is 18.2 Å². The molecule has 32 heavy (non-hydrogen) atoms. The number of aromatic nitrogens is 2. The van der Waals surface area contributed by atoms with Crippen molar-refractivity contribution in [3.8, 4) is 11.5 Å². The molecular weight excluding hydrogens is 468 g/mol. The standard InChI is InChI=1S/C22H24N2O5S3/c1-3-12-24-21(25)19-15-8-4-7-11-18(15)31-20(19)23-22(24)30-13-14-32(26,27)29-17-10-6-5-9-16(17)28-2/h3,5-6,9-10H,1,4,7-8,11-14H2,2H3. The molecule has 170 valence electrons. The smallest absolute Gasteiger partial charge is 0.310 e. The predicted octanol–water partition coefficient (Wildman–Crippen LogP) is 4.03. The van der Waals surface area contributed by atoms with Crippen molar-refractivity contribution in [3.05, 3.63) is 57.7 Å². The fourth-order valence-corrected chi connectivity index (χ4v) is 7.33. The third-order valence-corrected chi connectivity index (χ3v) is 8.76. The number of ether oxygens (including phenoxy) is 1. The molecule has 0 fully saturated rings. The van der Waals surface area contributed by atoms with Crippen molar-refractivity contribution >= 4 is 43.4 Å². The molecule has 0 saturated carbocycles. The topological polar surface area (TPSA) is 87.5 Å². The van der Waals surface area contributed by atoms with Gasteiger partial charge in [0.15, 0.2) is 16.7 Å². The maximum atomic E-state index is 13.3. The molecule has 1 aromatic carbocycles. The summed E-state index contributed by atoms with van der Waals surface area (Å²) in [6.45, 7) is 4.07. The van der Waals surface area contributed by atoms with Gasteiger partial charge in [0.2, 0.25) is 0 Å². The number of aryl methyl sites for hydroxylation is 2. The summed E-state index contributed by atoms with van der Waals surface area (Å²) in [5.74, 6) is 0.445. The monoisotopic (exact) mass is 492 g/mol. The van der Waals surface area contributed by atoms with Gasteiger partial charge in [-0.2, -0.15) is 8.42 Å². The first-order valence-electron chi connectivity index (χ1n) is 10.3. The summed E-state index contributed by atoms with van der Waals surface area (Å²) in [7, 11) is -2.40. The van der Waals surface area contributed by atoms with Crippen molar-refractivity contribution in [3.63, 3.8) is 0 Å². The zero-order valence-electron chi connectivity index (χ0n) is 17.7. The fraction of sp³-hybridized carbons (Fsp3) is 0.364. The Morgan fingerprint density at radius 2 is 2.00 bits per heavy atom. The highest BCUT2D eigenvalue weighted by Gasteiger charge is 2.23. The van der Waals surface area contributed by atoms with Gasteiger partial charge in [0, 0.05) is 17.2 Å². The largest absolute Gasteiger partial charge is 0.493 e. The highest BCUT2D eigenvalue weighted by Crippen LogP contribution is 2.35. The van der Waals surface area contributed by atoms with Crippen molar-refractivity contribution in [1.82, 2.24) is 9.55 Å². The van der Waals surface area contributed by atoms with Crippen LogP contribution < -0.4 is 14.5 Å². The zero-order chi connectivity index (χ0) is 22.7. The summed E-state index contributed by atoms with van der Waals surface area (Å²) in [6.07, 6.45) is 5.76. The van der Waals surface area contributed by atoms with E-state index in [9.17, 15) is 13.2 Å². The van der Waals surface area contributed by atoms with Crippen molar-refractivity contribution in [1.29, 1.82) is 0 Å².